The van der Waals surface area contributed by atoms with Gasteiger partial charge in [-0.3, -0.25) is 18.7 Å². The Morgan fingerprint density at radius 2 is 1.55 bits per heavy atom. The Balaban J connectivity index is 1.86. The molecule has 0 unspecified atom stereocenters. The fourth-order valence-corrected chi connectivity index (χ4v) is 3.15. The maximum absolute atomic E-state index is 13.0. The molecule has 2 heterocycles. The molecule has 0 spiro atoms. The first-order valence-corrected chi connectivity index (χ1v) is 8.96. The van der Waals surface area contributed by atoms with Crippen molar-refractivity contribution in [1.82, 2.24) is 18.7 Å². The number of benzene rings is 1. The number of carbonyl (C=O) groups excluding carboxylic acids is 1. The minimum atomic E-state index is -6.04. The predicted molar refractivity (Wildman–Crippen MR) is 101 cm³/mol. The summed E-state index contributed by atoms with van der Waals surface area (Å²) in [5.74, 6) is -0.792. The molecule has 3 rings (SSSR count). The number of carbonyl (C=O) groups is 1. The first kappa shape index (κ1) is 24.0. The Hall–Kier alpha value is -3.62. The second-order valence-corrected chi connectivity index (χ2v) is 7.08. The predicted octanol–water partition coefficient (Wildman–Crippen LogP) is 1.38. The molecule has 1 amide bonds. The van der Waals surface area contributed by atoms with Crippen LogP contribution in [-0.4, -0.2) is 42.1 Å². The zero-order chi connectivity index (χ0) is 24.9. The van der Waals surface area contributed by atoms with E-state index in [0.29, 0.717) is 12.1 Å². The van der Waals surface area contributed by atoms with Crippen molar-refractivity contribution < 1.29 is 36.2 Å². The van der Waals surface area contributed by atoms with Crippen molar-refractivity contribution in [3.05, 3.63) is 57.0 Å². The van der Waals surface area contributed by atoms with Crippen LogP contribution in [0.25, 0.3) is 11.2 Å². The Morgan fingerprint density at radius 3 is 2.06 bits per heavy atom. The highest BCUT2D eigenvalue weighted by atomic mass is 19.4. The maximum atomic E-state index is 13.0. The molecule has 0 atom stereocenters. The molecule has 0 bridgehead atoms. The second-order valence-electron chi connectivity index (χ2n) is 7.08. The maximum Gasteiger partial charge on any atom is 0.430 e. The van der Waals surface area contributed by atoms with Gasteiger partial charge in [0, 0.05) is 25.3 Å². The van der Waals surface area contributed by atoms with Gasteiger partial charge in [0.2, 0.25) is 5.91 Å². The molecule has 1 aromatic carbocycles. The van der Waals surface area contributed by atoms with Gasteiger partial charge in [-0.15, -0.1) is 0 Å². The number of aliphatic hydroxyl groups is 1. The minimum absolute atomic E-state index is 0.0128. The van der Waals surface area contributed by atoms with Gasteiger partial charge in [0.25, 0.3) is 11.2 Å². The minimum Gasteiger partial charge on any atom is -0.369 e. The lowest BCUT2D eigenvalue weighted by Gasteiger charge is -2.32. The molecule has 0 aliphatic heterocycles. The summed E-state index contributed by atoms with van der Waals surface area (Å²) in [6.07, 6.45) is -10.9. The molecule has 0 saturated heterocycles. The Morgan fingerprint density at radius 1 is 1.00 bits per heavy atom. The van der Waals surface area contributed by atoms with Crippen LogP contribution in [0.15, 0.2) is 40.2 Å². The Bertz CT molecular complexity index is 1320. The van der Waals surface area contributed by atoms with Crippen molar-refractivity contribution in [3.8, 4) is 0 Å². The van der Waals surface area contributed by atoms with Crippen LogP contribution in [0.4, 0.5) is 32.0 Å². The van der Waals surface area contributed by atoms with Crippen LogP contribution in [0, 0.1) is 0 Å². The number of anilines is 1. The quantitative estimate of drug-likeness (QED) is 0.550. The lowest BCUT2D eigenvalue weighted by molar-refractivity contribution is -0.376. The zero-order valence-electron chi connectivity index (χ0n) is 16.8. The Kier molecular flexibility index (Phi) is 5.65. The summed E-state index contributed by atoms with van der Waals surface area (Å²) in [4.78, 5) is 40.5. The molecule has 9 nitrogen and oxygen atoms in total. The van der Waals surface area contributed by atoms with Gasteiger partial charge in [0.1, 0.15) is 6.54 Å². The van der Waals surface area contributed by atoms with E-state index in [1.54, 1.807) is 0 Å². The number of amides is 1. The van der Waals surface area contributed by atoms with E-state index in [-0.39, 0.29) is 16.9 Å². The normalized spacial score (nSPS) is 12.9. The molecule has 0 saturated carbocycles. The molecule has 0 aliphatic carbocycles. The largest absolute Gasteiger partial charge is 0.430 e. The van der Waals surface area contributed by atoms with Gasteiger partial charge in [-0.1, -0.05) is 12.1 Å². The van der Waals surface area contributed by atoms with Gasteiger partial charge in [0.15, 0.2) is 11.2 Å². The highest BCUT2D eigenvalue weighted by molar-refractivity contribution is 5.91. The summed E-state index contributed by atoms with van der Waals surface area (Å²) in [6.45, 7) is -0.499. The monoisotopic (exact) mass is 479 g/mol. The van der Waals surface area contributed by atoms with Gasteiger partial charge in [0.05, 0.1) is 6.33 Å². The summed E-state index contributed by atoms with van der Waals surface area (Å²) in [5, 5.41) is 11.6. The number of halogens is 6. The van der Waals surface area contributed by atoms with Crippen LogP contribution in [0.3, 0.4) is 0 Å². The fraction of sp³-hybridized carbons (Fsp3) is 0.333. The van der Waals surface area contributed by atoms with Gasteiger partial charge in [-0.05, 0) is 12.1 Å². The lowest BCUT2D eigenvalue weighted by Crippen LogP contribution is -2.53. The summed E-state index contributed by atoms with van der Waals surface area (Å²) in [6, 6.07) is 2.28. The van der Waals surface area contributed by atoms with Crippen LogP contribution in [0.5, 0.6) is 0 Å². The molecule has 0 radical (unpaired) electrons. The van der Waals surface area contributed by atoms with Gasteiger partial charge >= 0.3 is 18.0 Å². The standard InChI is InChI=1S/C18H15F6N5O4/c1-27-13-12(14(31)28(2)15(27)32)29(8-25-13)7-11(30)26-10-5-3-9(4-6-10)16(33,17(19,20)21)18(22,23)24/h3-6,8,33H,7H2,1-2H3,(H,26,30). The number of fused-ring (bicyclic) bond motifs is 1. The van der Waals surface area contributed by atoms with Gasteiger partial charge < -0.3 is 15.0 Å². The SMILES string of the molecule is Cn1c(=O)c2c(ncn2CC(=O)Nc2ccc(C(O)(C(F)(F)F)C(F)(F)F)cc2)n(C)c1=O. The molecule has 33 heavy (non-hydrogen) atoms. The summed E-state index contributed by atoms with van der Waals surface area (Å²) in [7, 11) is 2.60. The summed E-state index contributed by atoms with van der Waals surface area (Å²) < 4.78 is 80.7. The smallest absolute Gasteiger partial charge is 0.369 e. The second kappa shape index (κ2) is 7.75. The zero-order valence-corrected chi connectivity index (χ0v) is 16.8. The Labute approximate surface area is 179 Å². The van der Waals surface area contributed by atoms with Crippen LogP contribution in [0.2, 0.25) is 0 Å². The van der Waals surface area contributed by atoms with E-state index in [0.717, 1.165) is 32.2 Å². The third kappa shape index (κ3) is 3.88. The molecule has 2 N–H and O–H groups in total. The van der Waals surface area contributed by atoms with E-state index in [4.69, 9.17) is 0 Å². The highest BCUT2D eigenvalue weighted by Crippen LogP contribution is 2.50. The molecule has 0 fully saturated rings. The number of nitrogens with zero attached hydrogens (tertiary/aromatic N) is 4. The van der Waals surface area contributed by atoms with Crippen molar-refractivity contribution >= 4 is 22.8 Å². The van der Waals surface area contributed by atoms with Crippen LogP contribution in [0.1, 0.15) is 5.56 Å². The number of rotatable bonds is 4. The number of nitrogens with one attached hydrogen (secondary N) is 1. The molecule has 15 heteroatoms. The first-order valence-electron chi connectivity index (χ1n) is 8.96. The third-order valence-corrected chi connectivity index (χ3v) is 4.94. The molecule has 178 valence electrons. The topological polar surface area (TPSA) is 111 Å². The van der Waals surface area contributed by atoms with Crippen molar-refractivity contribution in [2.75, 3.05) is 5.32 Å². The molecular weight excluding hydrogens is 464 g/mol. The first-order chi connectivity index (χ1) is 15.1. The van der Waals surface area contributed by atoms with Crippen LogP contribution < -0.4 is 16.6 Å². The lowest BCUT2D eigenvalue weighted by atomic mass is 9.92. The van der Waals surface area contributed by atoms with Crippen molar-refractivity contribution in [2.24, 2.45) is 14.1 Å². The number of alkyl halides is 6. The van der Waals surface area contributed by atoms with Crippen molar-refractivity contribution in [1.29, 1.82) is 0 Å². The van der Waals surface area contributed by atoms with Crippen molar-refractivity contribution in [2.45, 2.75) is 24.5 Å². The molecule has 0 aliphatic rings. The van der Waals surface area contributed by atoms with Crippen LogP contribution >= 0.6 is 0 Å². The molecular formula is C18H15F6N5O4. The van der Waals surface area contributed by atoms with E-state index >= 15 is 0 Å². The van der Waals surface area contributed by atoms with Crippen LogP contribution in [-0.2, 0) is 31.0 Å². The third-order valence-electron chi connectivity index (χ3n) is 4.94. The molecule has 3 aromatic rings. The average Bonchev–Trinajstić information content (AvgIpc) is 3.12. The number of hydrogen-bond donors (Lipinski definition) is 2. The van der Waals surface area contributed by atoms with E-state index in [1.165, 1.54) is 14.1 Å². The van der Waals surface area contributed by atoms with Gasteiger partial charge in [-0.25, -0.2) is 9.78 Å². The van der Waals surface area contributed by atoms with E-state index in [1.807, 2.05) is 0 Å². The van der Waals surface area contributed by atoms with E-state index in [9.17, 15) is 45.8 Å². The van der Waals surface area contributed by atoms with Crippen molar-refractivity contribution in [3.63, 3.8) is 0 Å². The number of aryl methyl sites for hydroxylation is 1. The molecule has 2 aromatic heterocycles. The summed E-state index contributed by atoms with van der Waals surface area (Å²) >= 11 is 0. The fourth-order valence-electron chi connectivity index (χ4n) is 3.15. The summed E-state index contributed by atoms with van der Waals surface area (Å²) in [5.41, 5.74) is -8.15. The van der Waals surface area contributed by atoms with E-state index < -0.39 is 47.2 Å². The van der Waals surface area contributed by atoms with E-state index in [2.05, 4.69) is 10.3 Å². The highest BCUT2D eigenvalue weighted by Gasteiger charge is 2.71. The van der Waals surface area contributed by atoms with Gasteiger partial charge in [-0.2, -0.15) is 26.3 Å². The number of imidazole rings is 1. The number of hydrogen-bond acceptors (Lipinski definition) is 5. The number of aromatic nitrogens is 4. The average molecular weight is 479 g/mol.